The van der Waals surface area contributed by atoms with Crippen molar-refractivity contribution in [3.63, 3.8) is 0 Å². The van der Waals surface area contributed by atoms with Crippen molar-refractivity contribution in [1.82, 2.24) is 9.97 Å². The zero-order valence-corrected chi connectivity index (χ0v) is 8.31. The van der Waals surface area contributed by atoms with E-state index in [4.69, 9.17) is 10.8 Å². The topological polar surface area (TPSA) is 89.1 Å². The molecule has 0 aromatic carbocycles. The van der Waals surface area contributed by atoms with E-state index >= 15 is 0 Å². The summed E-state index contributed by atoms with van der Waals surface area (Å²) in [6, 6.07) is 0. The molecule has 1 aromatic rings. The maximum atomic E-state index is 10.7. The van der Waals surface area contributed by atoms with E-state index in [1.165, 1.54) is 0 Å². The highest BCUT2D eigenvalue weighted by Crippen LogP contribution is 2.32. The van der Waals surface area contributed by atoms with Crippen LogP contribution in [0.5, 0.6) is 0 Å². The zero-order valence-electron chi connectivity index (χ0n) is 8.31. The second kappa shape index (κ2) is 3.84. The Bertz CT molecular complexity index is 392. The molecule has 5 nitrogen and oxygen atoms in total. The van der Waals surface area contributed by atoms with Crippen molar-refractivity contribution in [2.45, 2.75) is 31.6 Å². The molecule has 0 fully saturated rings. The van der Waals surface area contributed by atoms with Crippen LogP contribution in [0.15, 0.2) is 6.20 Å². The molecule has 1 heterocycles. The number of aliphatic carboxylic acids is 1. The summed E-state index contributed by atoms with van der Waals surface area (Å²) in [4.78, 5) is 18.8. The van der Waals surface area contributed by atoms with Gasteiger partial charge in [-0.05, 0) is 24.8 Å². The van der Waals surface area contributed by atoms with Gasteiger partial charge in [0.1, 0.15) is 0 Å². The van der Waals surface area contributed by atoms with Crippen LogP contribution < -0.4 is 5.73 Å². The first kappa shape index (κ1) is 9.89. The first-order valence-corrected chi connectivity index (χ1v) is 5.00. The summed E-state index contributed by atoms with van der Waals surface area (Å²) in [7, 11) is 0. The largest absolute Gasteiger partial charge is 0.481 e. The normalized spacial score (nSPS) is 19.6. The quantitative estimate of drug-likeness (QED) is 0.753. The third-order valence-corrected chi connectivity index (χ3v) is 2.72. The van der Waals surface area contributed by atoms with Gasteiger partial charge in [-0.25, -0.2) is 9.97 Å². The van der Waals surface area contributed by atoms with Gasteiger partial charge in [0.2, 0.25) is 5.95 Å². The summed E-state index contributed by atoms with van der Waals surface area (Å²) in [5.41, 5.74) is 7.38. The van der Waals surface area contributed by atoms with Crippen LogP contribution in [0.25, 0.3) is 0 Å². The van der Waals surface area contributed by atoms with E-state index in [0.29, 0.717) is 0 Å². The van der Waals surface area contributed by atoms with E-state index in [1.54, 1.807) is 6.20 Å². The molecule has 0 bridgehead atoms. The third-order valence-electron chi connectivity index (χ3n) is 2.72. The van der Waals surface area contributed by atoms with Crippen LogP contribution in [0.4, 0.5) is 5.95 Å². The van der Waals surface area contributed by atoms with Gasteiger partial charge < -0.3 is 10.8 Å². The second-order valence-corrected chi connectivity index (χ2v) is 3.83. The average molecular weight is 207 g/mol. The number of hydrogen-bond donors (Lipinski definition) is 2. The molecule has 0 saturated heterocycles. The monoisotopic (exact) mass is 207 g/mol. The Morgan fingerprint density at radius 3 is 3.20 bits per heavy atom. The van der Waals surface area contributed by atoms with Crippen molar-refractivity contribution in [1.29, 1.82) is 0 Å². The number of carbonyl (C=O) groups is 1. The maximum Gasteiger partial charge on any atom is 0.304 e. The molecule has 1 unspecified atom stereocenters. The smallest absolute Gasteiger partial charge is 0.304 e. The minimum Gasteiger partial charge on any atom is -0.481 e. The number of fused-ring (bicyclic) bond motifs is 1. The number of nitrogens with two attached hydrogens (primary N) is 1. The predicted molar refractivity (Wildman–Crippen MR) is 54.4 cm³/mol. The molecule has 1 atom stereocenters. The average Bonchev–Trinajstić information content (AvgIpc) is 2.18. The number of aromatic nitrogens is 2. The fourth-order valence-corrected chi connectivity index (χ4v) is 2.07. The summed E-state index contributed by atoms with van der Waals surface area (Å²) < 4.78 is 0. The Morgan fingerprint density at radius 2 is 2.47 bits per heavy atom. The molecule has 1 aliphatic rings. The molecule has 15 heavy (non-hydrogen) atoms. The van der Waals surface area contributed by atoms with Crippen LogP contribution in [-0.2, 0) is 11.2 Å². The van der Waals surface area contributed by atoms with Crippen molar-refractivity contribution < 1.29 is 9.90 Å². The van der Waals surface area contributed by atoms with Gasteiger partial charge in [0.05, 0.1) is 12.1 Å². The molecule has 1 aliphatic carbocycles. The lowest BCUT2D eigenvalue weighted by Crippen LogP contribution is -2.16. The van der Waals surface area contributed by atoms with Gasteiger partial charge in [0.15, 0.2) is 0 Å². The summed E-state index contributed by atoms with van der Waals surface area (Å²) in [5, 5.41) is 8.79. The highest BCUT2D eigenvalue weighted by atomic mass is 16.4. The molecule has 5 heteroatoms. The first-order valence-electron chi connectivity index (χ1n) is 5.00. The SMILES string of the molecule is Nc1ncc2c(n1)C(CC(=O)O)CCC2. The summed E-state index contributed by atoms with van der Waals surface area (Å²) >= 11 is 0. The number of nitrogens with zero attached hydrogens (tertiary/aromatic N) is 2. The van der Waals surface area contributed by atoms with E-state index in [-0.39, 0.29) is 18.3 Å². The Kier molecular flexibility index (Phi) is 2.53. The van der Waals surface area contributed by atoms with Gasteiger partial charge in [0, 0.05) is 12.1 Å². The lowest BCUT2D eigenvalue weighted by atomic mass is 9.85. The van der Waals surface area contributed by atoms with Gasteiger partial charge >= 0.3 is 5.97 Å². The number of nitrogen functional groups attached to an aromatic ring is 1. The minimum absolute atomic E-state index is 0.00319. The lowest BCUT2D eigenvalue weighted by molar-refractivity contribution is -0.137. The van der Waals surface area contributed by atoms with E-state index < -0.39 is 5.97 Å². The predicted octanol–water partition coefficient (Wildman–Crippen LogP) is 0.953. The van der Waals surface area contributed by atoms with Gasteiger partial charge in [-0.2, -0.15) is 0 Å². The molecule has 2 rings (SSSR count). The number of hydrogen-bond acceptors (Lipinski definition) is 4. The number of anilines is 1. The fourth-order valence-electron chi connectivity index (χ4n) is 2.07. The second-order valence-electron chi connectivity index (χ2n) is 3.83. The van der Waals surface area contributed by atoms with Crippen LogP contribution in [0.2, 0.25) is 0 Å². The lowest BCUT2D eigenvalue weighted by Gasteiger charge is -2.22. The van der Waals surface area contributed by atoms with Crippen molar-refractivity contribution in [3.8, 4) is 0 Å². The Hall–Kier alpha value is -1.65. The number of rotatable bonds is 2. The van der Waals surface area contributed by atoms with E-state index in [0.717, 1.165) is 30.5 Å². The Morgan fingerprint density at radius 1 is 1.67 bits per heavy atom. The minimum atomic E-state index is -0.787. The summed E-state index contributed by atoms with van der Waals surface area (Å²) in [5.74, 6) is -0.562. The summed E-state index contributed by atoms with van der Waals surface area (Å²) in [6.45, 7) is 0. The number of carboxylic acids is 1. The van der Waals surface area contributed by atoms with Crippen LogP contribution >= 0.6 is 0 Å². The van der Waals surface area contributed by atoms with Gasteiger partial charge in [0.25, 0.3) is 0 Å². The number of carboxylic acid groups (broad SMARTS) is 1. The molecular formula is C10H13N3O2. The molecule has 80 valence electrons. The zero-order chi connectivity index (χ0) is 10.8. The molecule has 0 aliphatic heterocycles. The molecule has 0 amide bonds. The highest BCUT2D eigenvalue weighted by molar-refractivity contribution is 5.68. The van der Waals surface area contributed by atoms with Crippen molar-refractivity contribution >= 4 is 11.9 Å². The van der Waals surface area contributed by atoms with Crippen molar-refractivity contribution in [3.05, 3.63) is 17.5 Å². The van der Waals surface area contributed by atoms with Gasteiger partial charge in [-0.3, -0.25) is 4.79 Å². The molecule has 3 N–H and O–H groups in total. The Labute approximate surface area is 87.4 Å². The fraction of sp³-hybridized carbons (Fsp3) is 0.500. The molecule has 0 radical (unpaired) electrons. The standard InChI is InChI=1S/C10H13N3O2/c11-10-12-5-7-3-1-2-6(4-8(14)15)9(7)13-10/h5-6H,1-4H2,(H,14,15)(H2,11,12,13). The van der Waals surface area contributed by atoms with Gasteiger partial charge in [-0.1, -0.05) is 0 Å². The molecular weight excluding hydrogens is 194 g/mol. The molecule has 0 spiro atoms. The van der Waals surface area contributed by atoms with Crippen molar-refractivity contribution in [2.75, 3.05) is 5.73 Å². The van der Waals surface area contributed by atoms with E-state index in [9.17, 15) is 4.79 Å². The van der Waals surface area contributed by atoms with Crippen LogP contribution in [0, 0.1) is 0 Å². The van der Waals surface area contributed by atoms with Crippen LogP contribution in [-0.4, -0.2) is 21.0 Å². The maximum absolute atomic E-state index is 10.7. The highest BCUT2D eigenvalue weighted by Gasteiger charge is 2.24. The molecule has 0 saturated carbocycles. The van der Waals surface area contributed by atoms with E-state index in [2.05, 4.69) is 9.97 Å². The van der Waals surface area contributed by atoms with Gasteiger partial charge in [-0.15, -0.1) is 0 Å². The first-order chi connectivity index (χ1) is 7.16. The summed E-state index contributed by atoms with van der Waals surface area (Å²) in [6.07, 6.45) is 4.63. The van der Waals surface area contributed by atoms with E-state index in [1.807, 2.05) is 0 Å². The third kappa shape index (κ3) is 2.06. The Balaban J connectivity index is 2.32. The van der Waals surface area contributed by atoms with Crippen LogP contribution in [0.3, 0.4) is 0 Å². The molecule has 1 aromatic heterocycles. The van der Waals surface area contributed by atoms with Crippen LogP contribution in [0.1, 0.15) is 36.4 Å². The number of aryl methyl sites for hydroxylation is 1. The van der Waals surface area contributed by atoms with Crippen molar-refractivity contribution in [2.24, 2.45) is 0 Å².